The van der Waals surface area contributed by atoms with E-state index >= 15 is 0 Å². The van der Waals surface area contributed by atoms with Gasteiger partial charge in [0.1, 0.15) is 6.54 Å². The first-order chi connectivity index (χ1) is 14.4. The van der Waals surface area contributed by atoms with Crippen molar-refractivity contribution in [3.8, 4) is 5.69 Å². The molecular weight excluding hydrogens is 422 g/mol. The predicted molar refractivity (Wildman–Crippen MR) is 119 cm³/mol. The number of hydrogen-bond acceptors (Lipinski definition) is 4. The molecule has 30 heavy (non-hydrogen) atoms. The van der Waals surface area contributed by atoms with Crippen molar-refractivity contribution in [2.45, 2.75) is 26.7 Å². The van der Waals surface area contributed by atoms with Gasteiger partial charge in [-0.05, 0) is 68.3 Å². The van der Waals surface area contributed by atoms with Gasteiger partial charge in [-0.2, -0.15) is 0 Å². The maximum absolute atomic E-state index is 12.8. The van der Waals surface area contributed by atoms with Crippen LogP contribution in [-0.4, -0.2) is 51.1 Å². The van der Waals surface area contributed by atoms with Crippen LogP contribution >= 0.6 is 23.4 Å². The number of imide groups is 1. The Balaban J connectivity index is 1.59. The van der Waals surface area contributed by atoms with E-state index in [9.17, 15) is 14.4 Å². The average Bonchev–Trinajstić information content (AvgIpc) is 3.40. The maximum atomic E-state index is 12.8. The number of rotatable bonds is 4. The Morgan fingerprint density at radius 1 is 1.17 bits per heavy atom. The molecular formula is C22H22ClN3O3S. The normalized spacial score (nSPS) is 18.2. The molecule has 0 radical (unpaired) electrons. The molecule has 0 N–H and O–H groups in total. The molecule has 2 aromatic rings. The summed E-state index contributed by atoms with van der Waals surface area (Å²) in [4.78, 5) is 40.7. The highest BCUT2D eigenvalue weighted by molar-refractivity contribution is 8.18. The minimum absolute atomic E-state index is 0.173. The SMILES string of the molecule is Cc1cc(/C=C2/SC(=O)N(CC(=O)N3CCCC3)C2=O)c(C)n1-c1ccccc1Cl. The number of thioether (sulfide) groups is 1. The molecule has 0 spiro atoms. The Morgan fingerprint density at radius 3 is 2.57 bits per heavy atom. The van der Waals surface area contributed by atoms with Gasteiger partial charge in [-0.3, -0.25) is 19.3 Å². The lowest BCUT2D eigenvalue weighted by Crippen LogP contribution is -2.40. The minimum Gasteiger partial charge on any atom is -0.341 e. The van der Waals surface area contributed by atoms with Gasteiger partial charge in [0.15, 0.2) is 0 Å². The number of amides is 3. The highest BCUT2D eigenvalue weighted by atomic mass is 35.5. The van der Waals surface area contributed by atoms with Crippen molar-refractivity contribution in [2.24, 2.45) is 0 Å². The van der Waals surface area contributed by atoms with Crippen LogP contribution in [0.25, 0.3) is 11.8 Å². The first-order valence-corrected chi connectivity index (χ1v) is 11.0. The van der Waals surface area contributed by atoms with E-state index in [1.165, 1.54) is 0 Å². The van der Waals surface area contributed by atoms with Crippen molar-refractivity contribution >= 4 is 46.5 Å². The number of para-hydroxylation sites is 1. The van der Waals surface area contributed by atoms with Gasteiger partial charge >= 0.3 is 0 Å². The van der Waals surface area contributed by atoms with Crippen LogP contribution in [0.4, 0.5) is 4.79 Å². The zero-order valence-corrected chi connectivity index (χ0v) is 18.4. The van der Waals surface area contributed by atoms with E-state index in [0.29, 0.717) is 23.0 Å². The van der Waals surface area contributed by atoms with Crippen LogP contribution in [0.3, 0.4) is 0 Å². The Morgan fingerprint density at radius 2 is 1.87 bits per heavy atom. The summed E-state index contributed by atoms with van der Waals surface area (Å²) in [5.41, 5.74) is 3.58. The fraction of sp³-hybridized carbons (Fsp3) is 0.318. The zero-order chi connectivity index (χ0) is 21.4. The first kappa shape index (κ1) is 20.8. The van der Waals surface area contributed by atoms with Gasteiger partial charge in [0.2, 0.25) is 5.91 Å². The Hall–Kier alpha value is -2.51. The number of aryl methyl sites for hydroxylation is 1. The number of benzene rings is 1. The van der Waals surface area contributed by atoms with E-state index < -0.39 is 11.1 Å². The van der Waals surface area contributed by atoms with E-state index in [-0.39, 0.29) is 12.5 Å². The number of nitrogens with zero attached hydrogens (tertiary/aromatic N) is 3. The maximum Gasteiger partial charge on any atom is 0.294 e. The van der Waals surface area contributed by atoms with Crippen molar-refractivity contribution in [3.05, 3.63) is 57.2 Å². The molecule has 2 aliphatic heterocycles. The smallest absolute Gasteiger partial charge is 0.294 e. The third-order valence-corrected chi connectivity index (χ3v) is 6.70. The minimum atomic E-state index is -0.417. The first-order valence-electron chi connectivity index (χ1n) is 9.84. The van der Waals surface area contributed by atoms with Gasteiger partial charge in [0.05, 0.1) is 15.6 Å². The molecule has 0 aliphatic carbocycles. The van der Waals surface area contributed by atoms with Gasteiger partial charge in [0, 0.05) is 24.5 Å². The predicted octanol–water partition coefficient (Wildman–Crippen LogP) is 4.41. The van der Waals surface area contributed by atoms with Crippen LogP contribution in [0.2, 0.25) is 5.02 Å². The molecule has 6 nitrogen and oxygen atoms in total. The Labute approximate surface area is 184 Å². The molecule has 4 rings (SSSR count). The van der Waals surface area contributed by atoms with Crippen molar-refractivity contribution in [3.63, 3.8) is 0 Å². The van der Waals surface area contributed by atoms with Gasteiger partial charge < -0.3 is 9.47 Å². The van der Waals surface area contributed by atoms with E-state index in [1.807, 2.05) is 48.7 Å². The summed E-state index contributed by atoms with van der Waals surface area (Å²) in [6, 6.07) is 9.52. The van der Waals surface area contributed by atoms with Crippen LogP contribution in [0.15, 0.2) is 35.2 Å². The van der Waals surface area contributed by atoms with Crippen molar-refractivity contribution in [2.75, 3.05) is 19.6 Å². The monoisotopic (exact) mass is 443 g/mol. The molecule has 0 saturated carbocycles. The number of hydrogen-bond donors (Lipinski definition) is 0. The summed E-state index contributed by atoms with van der Waals surface area (Å²) in [6.07, 6.45) is 3.66. The van der Waals surface area contributed by atoms with Crippen molar-refractivity contribution in [1.29, 1.82) is 0 Å². The highest BCUT2D eigenvalue weighted by Crippen LogP contribution is 2.34. The van der Waals surface area contributed by atoms with E-state index in [2.05, 4.69) is 0 Å². The standard InChI is InChI=1S/C22H22ClN3O3S/c1-14-11-16(15(2)26(14)18-8-4-3-7-17(18)23)12-19-21(28)25(22(29)30-19)13-20(27)24-9-5-6-10-24/h3-4,7-8,11-12H,5-6,9-10,13H2,1-2H3/b19-12+. The van der Waals surface area contributed by atoms with Crippen LogP contribution in [-0.2, 0) is 9.59 Å². The largest absolute Gasteiger partial charge is 0.341 e. The average molecular weight is 444 g/mol. The fourth-order valence-corrected chi connectivity index (χ4v) is 4.97. The summed E-state index contributed by atoms with van der Waals surface area (Å²) in [5, 5.41) is 0.227. The molecule has 0 bridgehead atoms. The van der Waals surface area contributed by atoms with Crippen LogP contribution < -0.4 is 0 Å². The molecule has 8 heteroatoms. The summed E-state index contributed by atoms with van der Waals surface area (Å²) in [5.74, 6) is -0.590. The number of aromatic nitrogens is 1. The number of halogens is 1. The number of likely N-dealkylation sites (tertiary alicyclic amines) is 1. The van der Waals surface area contributed by atoms with Gasteiger partial charge in [-0.15, -0.1) is 0 Å². The molecule has 2 saturated heterocycles. The van der Waals surface area contributed by atoms with E-state index in [1.54, 1.807) is 11.0 Å². The molecule has 2 aliphatic rings. The van der Waals surface area contributed by atoms with Gasteiger partial charge in [0.25, 0.3) is 11.1 Å². The lowest BCUT2D eigenvalue weighted by Gasteiger charge is -2.18. The second kappa shape index (κ2) is 8.32. The molecule has 156 valence electrons. The number of carbonyl (C=O) groups excluding carboxylic acids is 3. The summed E-state index contributed by atoms with van der Waals surface area (Å²) in [6.45, 7) is 5.11. The summed E-state index contributed by atoms with van der Waals surface area (Å²) >= 11 is 7.24. The molecule has 3 heterocycles. The summed E-state index contributed by atoms with van der Waals surface area (Å²) in [7, 11) is 0. The van der Waals surface area contributed by atoms with E-state index in [4.69, 9.17) is 11.6 Å². The van der Waals surface area contributed by atoms with Gasteiger partial charge in [-0.25, -0.2) is 0 Å². The molecule has 3 amide bonds. The molecule has 1 aromatic carbocycles. The summed E-state index contributed by atoms with van der Waals surface area (Å²) < 4.78 is 2.02. The number of carbonyl (C=O) groups is 3. The lowest BCUT2D eigenvalue weighted by atomic mass is 10.2. The fourth-order valence-electron chi connectivity index (χ4n) is 3.92. The second-order valence-electron chi connectivity index (χ2n) is 7.47. The van der Waals surface area contributed by atoms with Crippen molar-refractivity contribution in [1.82, 2.24) is 14.4 Å². The second-order valence-corrected chi connectivity index (χ2v) is 8.87. The molecule has 0 atom stereocenters. The highest BCUT2D eigenvalue weighted by Gasteiger charge is 2.37. The van der Waals surface area contributed by atoms with Crippen LogP contribution in [0.1, 0.15) is 29.8 Å². The van der Waals surface area contributed by atoms with Crippen molar-refractivity contribution < 1.29 is 14.4 Å². The van der Waals surface area contributed by atoms with Crippen LogP contribution in [0, 0.1) is 13.8 Å². The van der Waals surface area contributed by atoms with Gasteiger partial charge in [-0.1, -0.05) is 23.7 Å². The zero-order valence-electron chi connectivity index (χ0n) is 16.9. The lowest BCUT2D eigenvalue weighted by molar-refractivity contribution is -0.135. The third kappa shape index (κ3) is 3.79. The topological polar surface area (TPSA) is 62.6 Å². The molecule has 0 unspecified atom stereocenters. The Bertz CT molecular complexity index is 1070. The third-order valence-electron chi connectivity index (χ3n) is 5.48. The van der Waals surface area contributed by atoms with Crippen LogP contribution in [0.5, 0.6) is 0 Å². The molecule has 2 fully saturated rings. The molecule has 1 aromatic heterocycles. The Kier molecular flexibility index (Phi) is 5.75. The van der Waals surface area contributed by atoms with E-state index in [0.717, 1.165) is 52.1 Å². The quantitative estimate of drug-likeness (QED) is 0.657.